The van der Waals surface area contributed by atoms with Crippen molar-refractivity contribution >= 4 is 35.0 Å². The lowest BCUT2D eigenvalue weighted by Gasteiger charge is -2.03. The maximum Gasteiger partial charge on any atom is 0.0545 e. The first-order chi connectivity index (χ1) is 7.25. The van der Waals surface area contributed by atoms with Crippen LogP contribution in [-0.2, 0) is 0 Å². The van der Waals surface area contributed by atoms with Crippen molar-refractivity contribution in [1.29, 1.82) is 0 Å². The van der Waals surface area contributed by atoms with Crippen molar-refractivity contribution in [3.8, 4) is 0 Å². The van der Waals surface area contributed by atoms with Crippen LogP contribution < -0.4 is 0 Å². The van der Waals surface area contributed by atoms with Gasteiger partial charge in [-0.25, -0.2) is 0 Å². The maximum atomic E-state index is 6.06. The fourth-order valence-electron chi connectivity index (χ4n) is 1.16. The molecule has 0 amide bonds. The lowest BCUT2D eigenvalue weighted by atomic mass is 10.4. The molecule has 0 atom stereocenters. The molecule has 15 heavy (non-hydrogen) atoms. The van der Waals surface area contributed by atoms with Crippen LogP contribution in [0.15, 0.2) is 58.3 Å². The van der Waals surface area contributed by atoms with Gasteiger partial charge in [0, 0.05) is 14.8 Å². The highest BCUT2D eigenvalue weighted by Crippen LogP contribution is 2.33. The Bertz CT molecular complexity index is 451. The van der Waals surface area contributed by atoms with Gasteiger partial charge in [-0.05, 0) is 36.4 Å². The highest BCUT2D eigenvalue weighted by Gasteiger charge is 2.01. The zero-order chi connectivity index (χ0) is 10.7. The van der Waals surface area contributed by atoms with Gasteiger partial charge < -0.3 is 0 Å². The Kier molecular flexibility index (Phi) is 3.57. The third-order valence-electron chi connectivity index (χ3n) is 1.88. The van der Waals surface area contributed by atoms with E-state index in [9.17, 15) is 0 Å². The molecule has 0 saturated carbocycles. The maximum absolute atomic E-state index is 6.06. The molecular formula is C12H8Cl2S. The van der Waals surface area contributed by atoms with E-state index in [1.54, 1.807) is 11.8 Å². The predicted octanol–water partition coefficient (Wildman–Crippen LogP) is 5.14. The third kappa shape index (κ3) is 2.91. The van der Waals surface area contributed by atoms with Crippen molar-refractivity contribution in [1.82, 2.24) is 0 Å². The molecule has 76 valence electrons. The van der Waals surface area contributed by atoms with Crippen molar-refractivity contribution in [2.45, 2.75) is 9.79 Å². The monoisotopic (exact) mass is 254 g/mol. The Morgan fingerprint density at radius 3 is 2.13 bits per heavy atom. The van der Waals surface area contributed by atoms with E-state index in [1.807, 2.05) is 48.5 Å². The van der Waals surface area contributed by atoms with E-state index in [0.717, 1.165) is 19.8 Å². The molecule has 0 bridgehead atoms. The third-order valence-corrected chi connectivity index (χ3v) is 3.66. The second-order valence-corrected chi connectivity index (χ2v) is 4.95. The van der Waals surface area contributed by atoms with Crippen LogP contribution in [0.5, 0.6) is 0 Å². The van der Waals surface area contributed by atoms with Crippen LogP contribution in [0, 0.1) is 0 Å². The van der Waals surface area contributed by atoms with Crippen molar-refractivity contribution in [3.05, 3.63) is 58.6 Å². The molecule has 2 rings (SSSR count). The molecular weight excluding hydrogens is 247 g/mol. The van der Waals surface area contributed by atoms with Gasteiger partial charge in [-0.1, -0.05) is 47.1 Å². The van der Waals surface area contributed by atoms with Crippen LogP contribution in [0.4, 0.5) is 0 Å². The minimum Gasteiger partial charge on any atom is -0.0885 e. The molecule has 0 radical (unpaired) electrons. The normalized spacial score (nSPS) is 10.3. The topological polar surface area (TPSA) is 0 Å². The molecule has 0 saturated heterocycles. The molecule has 0 fully saturated rings. The summed E-state index contributed by atoms with van der Waals surface area (Å²) in [6.07, 6.45) is 0. The molecule has 0 heterocycles. The van der Waals surface area contributed by atoms with Gasteiger partial charge in [0.2, 0.25) is 0 Å². The summed E-state index contributed by atoms with van der Waals surface area (Å²) in [7, 11) is 0. The molecule has 0 unspecified atom stereocenters. The van der Waals surface area contributed by atoms with Gasteiger partial charge in [0.25, 0.3) is 0 Å². The average Bonchev–Trinajstić information content (AvgIpc) is 2.25. The Labute approximate surface area is 103 Å². The van der Waals surface area contributed by atoms with Crippen LogP contribution in [-0.4, -0.2) is 0 Å². The molecule has 2 aromatic rings. The Morgan fingerprint density at radius 2 is 1.47 bits per heavy atom. The van der Waals surface area contributed by atoms with Crippen molar-refractivity contribution in [2.75, 3.05) is 0 Å². The summed E-state index contributed by atoms with van der Waals surface area (Å²) in [4.78, 5) is 2.19. The summed E-state index contributed by atoms with van der Waals surface area (Å²) in [5, 5.41) is 1.52. The second-order valence-electron chi connectivity index (χ2n) is 2.99. The van der Waals surface area contributed by atoms with Gasteiger partial charge in [0.1, 0.15) is 0 Å². The number of hydrogen-bond acceptors (Lipinski definition) is 1. The van der Waals surface area contributed by atoms with Crippen molar-refractivity contribution in [3.63, 3.8) is 0 Å². The van der Waals surface area contributed by atoms with Crippen LogP contribution in [0.3, 0.4) is 0 Å². The average molecular weight is 255 g/mol. The van der Waals surface area contributed by atoms with Gasteiger partial charge in [-0.3, -0.25) is 0 Å². The summed E-state index contributed by atoms with van der Waals surface area (Å²) in [6.45, 7) is 0. The number of rotatable bonds is 2. The molecule has 0 spiro atoms. The Balaban J connectivity index is 2.22. The molecule has 3 heteroatoms. The number of benzene rings is 2. The van der Waals surface area contributed by atoms with E-state index in [-0.39, 0.29) is 0 Å². The molecule has 0 N–H and O–H groups in total. The van der Waals surface area contributed by atoms with E-state index in [4.69, 9.17) is 23.2 Å². The first-order valence-electron chi connectivity index (χ1n) is 4.43. The van der Waals surface area contributed by atoms with E-state index in [1.165, 1.54) is 0 Å². The summed E-state index contributed by atoms with van der Waals surface area (Å²) < 4.78 is 0. The highest BCUT2D eigenvalue weighted by molar-refractivity contribution is 7.99. The van der Waals surface area contributed by atoms with Crippen LogP contribution in [0.2, 0.25) is 10.0 Å². The number of hydrogen-bond donors (Lipinski definition) is 0. The minimum atomic E-state index is 0.749. The van der Waals surface area contributed by atoms with Gasteiger partial charge in [-0.15, -0.1) is 0 Å². The van der Waals surface area contributed by atoms with Gasteiger partial charge in [0.15, 0.2) is 0 Å². The van der Waals surface area contributed by atoms with Crippen LogP contribution in [0.1, 0.15) is 0 Å². The minimum absolute atomic E-state index is 0.749. The van der Waals surface area contributed by atoms with Crippen LogP contribution in [0.25, 0.3) is 0 Å². The van der Waals surface area contributed by atoms with E-state index in [0.29, 0.717) is 0 Å². The first-order valence-corrected chi connectivity index (χ1v) is 6.01. The number of halogens is 2. The quantitative estimate of drug-likeness (QED) is 0.715. The lowest BCUT2D eigenvalue weighted by molar-refractivity contribution is 1.41. The molecule has 2 aromatic carbocycles. The van der Waals surface area contributed by atoms with Crippen molar-refractivity contribution < 1.29 is 0 Å². The fourth-order valence-corrected chi connectivity index (χ4v) is 2.37. The van der Waals surface area contributed by atoms with E-state index < -0.39 is 0 Å². The molecule has 0 aliphatic rings. The van der Waals surface area contributed by atoms with Gasteiger partial charge in [-0.2, -0.15) is 0 Å². The summed E-state index contributed by atoms with van der Waals surface area (Å²) in [6, 6.07) is 15.5. The highest BCUT2D eigenvalue weighted by atomic mass is 35.5. The summed E-state index contributed by atoms with van der Waals surface area (Å²) in [5.74, 6) is 0. The Morgan fingerprint density at radius 1 is 0.800 bits per heavy atom. The fraction of sp³-hybridized carbons (Fsp3) is 0. The molecule has 0 aromatic heterocycles. The standard InChI is InChI=1S/C12H8Cl2S/c13-9-5-7-10(8-6-9)15-12-4-2-1-3-11(12)14/h1-8H. The Hall–Kier alpha value is -0.630. The molecule has 0 aliphatic carbocycles. The predicted molar refractivity (Wildman–Crippen MR) is 67.0 cm³/mol. The zero-order valence-corrected chi connectivity index (χ0v) is 10.1. The second kappa shape index (κ2) is 4.93. The van der Waals surface area contributed by atoms with E-state index in [2.05, 4.69) is 0 Å². The SMILES string of the molecule is Clc1ccc(Sc2ccccc2Cl)cc1. The van der Waals surface area contributed by atoms with Gasteiger partial charge >= 0.3 is 0 Å². The summed E-state index contributed by atoms with van der Waals surface area (Å²) >= 11 is 13.5. The van der Waals surface area contributed by atoms with E-state index >= 15 is 0 Å². The summed E-state index contributed by atoms with van der Waals surface area (Å²) in [5.41, 5.74) is 0. The zero-order valence-electron chi connectivity index (χ0n) is 7.78. The smallest absolute Gasteiger partial charge is 0.0545 e. The molecule has 0 aliphatic heterocycles. The molecule has 0 nitrogen and oxygen atoms in total. The van der Waals surface area contributed by atoms with Crippen molar-refractivity contribution in [2.24, 2.45) is 0 Å². The van der Waals surface area contributed by atoms with Gasteiger partial charge in [0.05, 0.1) is 5.02 Å². The first kappa shape index (κ1) is 10.9. The largest absolute Gasteiger partial charge is 0.0885 e. The lowest BCUT2D eigenvalue weighted by Crippen LogP contribution is -1.74. The van der Waals surface area contributed by atoms with Crippen LogP contribution >= 0.6 is 35.0 Å².